The number of hydrogen-bond donors (Lipinski definition) is 1. The first-order chi connectivity index (χ1) is 10.0. The summed E-state index contributed by atoms with van der Waals surface area (Å²) in [5.74, 6) is -0.576. The van der Waals surface area contributed by atoms with Crippen LogP contribution in [0.1, 0.15) is 35.8 Å². The lowest BCUT2D eigenvalue weighted by Gasteiger charge is -2.11. The van der Waals surface area contributed by atoms with Gasteiger partial charge < -0.3 is 10.1 Å². The van der Waals surface area contributed by atoms with Crippen molar-refractivity contribution in [2.45, 2.75) is 19.8 Å². The predicted molar refractivity (Wildman–Crippen MR) is 80.2 cm³/mol. The number of esters is 1. The fourth-order valence-electron chi connectivity index (χ4n) is 2.00. The molecule has 1 N–H and O–H groups in total. The summed E-state index contributed by atoms with van der Waals surface area (Å²) in [5, 5.41) is 3.33. The fraction of sp³-hybridized carbons (Fsp3) is 0.312. The maximum absolute atomic E-state index is 12.3. The summed E-state index contributed by atoms with van der Waals surface area (Å²) in [7, 11) is 1.28. The van der Waals surface area contributed by atoms with Gasteiger partial charge >= 0.3 is 5.97 Å². The van der Waals surface area contributed by atoms with Gasteiger partial charge in [-0.25, -0.2) is 0 Å². The normalized spacial score (nSPS) is 10.7. The summed E-state index contributed by atoms with van der Waals surface area (Å²) in [6, 6.07) is 9.24. The third-order valence-electron chi connectivity index (χ3n) is 3.19. The lowest BCUT2D eigenvalue weighted by molar-refractivity contribution is -0.139. The van der Waals surface area contributed by atoms with Crippen molar-refractivity contribution in [1.82, 2.24) is 10.3 Å². The Morgan fingerprint density at radius 2 is 2.00 bits per heavy atom. The molecule has 5 heteroatoms. The zero-order chi connectivity index (χ0) is 15.4. The van der Waals surface area contributed by atoms with E-state index in [0.29, 0.717) is 5.56 Å². The largest absolute Gasteiger partial charge is 0.468 e. The highest BCUT2D eigenvalue weighted by Crippen LogP contribution is 2.22. The number of nitrogens with zero attached hydrogens (tertiary/aromatic N) is 1. The summed E-state index contributed by atoms with van der Waals surface area (Å²) < 4.78 is 4.52. The molecule has 0 aliphatic carbocycles. The van der Waals surface area contributed by atoms with Crippen LogP contribution in [0.5, 0.6) is 0 Å². The van der Waals surface area contributed by atoms with Crippen LogP contribution in [-0.2, 0) is 9.53 Å². The number of ether oxygens (including phenoxy) is 1. The van der Waals surface area contributed by atoms with Gasteiger partial charge in [0.05, 0.1) is 18.2 Å². The molecule has 0 fully saturated rings. The van der Waals surface area contributed by atoms with Crippen LogP contribution in [-0.4, -0.2) is 30.5 Å². The molecule has 0 saturated carbocycles. The molecule has 0 bridgehead atoms. The molecule has 0 spiro atoms. The smallest absolute Gasteiger partial charge is 0.325 e. The van der Waals surface area contributed by atoms with Gasteiger partial charge in [-0.15, -0.1) is 0 Å². The second kappa shape index (κ2) is 6.35. The average Bonchev–Trinajstić information content (AvgIpc) is 2.50. The molecule has 0 radical (unpaired) electrons. The van der Waals surface area contributed by atoms with Crippen molar-refractivity contribution in [1.29, 1.82) is 0 Å². The minimum absolute atomic E-state index is 0.150. The number of hydrogen-bond acceptors (Lipinski definition) is 4. The molecule has 0 aliphatic rings. The molecular formula is C16H18N2O3. The molecule has 1 heterocycles. The molecule has 2 aromatic rings. The highest BCUT2D eigenvalue weighted by molar-refractivity contribution is 6.06. The van der Waals surface area contributed by atoms with E-state index in [2.05, 4.69) is 15.0 Å². The van der Waals surface area contributed by atoms with Gasteiger partial charge in [-0.1, -0.05) is 32.0 Å². The Morgan fingerprint density at radius 1 is 1.29 bits per heavy atom. The second-order valence-corrected chi connectivity index (χ2v) is 5.03. The molecule has 0 atom stereocenters. The van der Waals surface area contributed by atoms with Gasteiger partial charge in [-0.05, 0) is 18.1 Å². The van der Waals surface area contributed by atoms with Crippen LogP contribution in [0.4, 0.5) is 0 Å². The number of carbonyl (C=O) groups is 2. The standard InChI is InChI=1S/C16H18N2O3/c1-10(2)14-8-12(16(20)17-9-15(19)21-3)11-6-4-5-7-13(11)18-14/h4-8,10H,9H2,1-3H3,(H,17,20). The van der Waals surface area contributed by atoms with Crippen LogP contribution >= 0.6 is 0 Å². The van der Waals surface area contributed by atoms with Crippen LogP contribution in [0.3, 0.4) is 0 Å². The molecule has 0 aliphatic heterocycles. The van der Waals surface area contributed by atoms with E-state index in [9.17, 15) is 9.59 Å². The topological polar surface area (TPSA) is 68.3 Å². The molecule has 0 saturated heterocycles. The molecule has 0 unspecified atom stereocenters. The van der Waals surface area contributed by atoms with Crippen molar-refractivity contribution in [3.63, 3.8) is 0 Å². The van der Waals surface area contributed by atoms with E-state index in [1.165, 1.54) is 7.11 Å². The minimum Gasteiger partial charge on any atom is -0.468 e. The number of rotatable bonds is 4. The highest BCUT2D eigenvalue weighted by Gasteiger charge is 2.15. The van der Waals surface area contributed by atoms with E-state index in [1.807, 2.05) is 38.1 Å². The first-order valence-electron chi connectivity index (χ1n) is 6.77. The minimum atomic E-state index is -0.481. The van der Waals surface area contributed by atoms with Gasteiger partial charge in [0, 0.05) is 11.1 Å². The predicted octanol–water partition coefficient (Wildman–Crippen LogP) is 2.26. The molecule has 110 valence electrons. The maximum atomic E-state index is 12.3. The van der Waals surface area contributed by atoms with Crippen molar-refractivity contribution >= 4 is 22.8 Å². The first-order valence-corrected chi connectivity index (χ1v) is 6.77. The Labute approximate surface area is 123 Å². The first kappa shape index (κ1) is 15.0. The van der Waals surface area contributed by atoms with E-state index in [4.69, 9.17) is 0 Å². The summed E-state index contributed by atoms with van der Waals surface area (Å²) >= 11 is 0. The number of aromatic nitrogens is 1. The van der Waals surface area contributed by atoms with E-state index >= 15 is 0 Å². The zero-order valence-corrected chi connectivity index (χ0v) is 12.3. The molecule has 2 rings (SSSR count). The van der Waals surface area contributed by atoms with Gasteiger partial charge in [0.2, 0.25) is 0 Å². The molecule has 5 nitrogen and oxygen atoms in total. The molecular weight excluding hydrogens is 268 g/mol. The lowest BCUT2D eigenvalue weighted by Crippen LogP contribution is -2.30. The molecule has 1 amide bonds. The van der Waals surface area contributed by atoms with Crippen LogP contribution in [0.25, 0.3) is 10.9 Å². The van der Waals surface area contributed by atoms with Gasteiger partial charge in [0.1, 0.15) is 6.54 Å². The number of fused-ring (bicyclic) bond motifs is 1. The van der Waals surface area contributed by atoms with Crippen LogP contribution in [0, 0.1) is 0 Å². The quantitative estimate of drug-likeness (QED) is 0.875. The van der Waals surface area contributed by atoms with E-state index in [-0.39, 0.29) is 18.4 Å². The number of pyridine rings is 1. The summed E-state index contributed by atoms with van der Waals surface area (Å²) in [4.78, 5) is 28.0. The third-order valence-corrected chi connectivity index (χ3v) is 3.19. The van der Waals surface area contributed by atoms with Crippen molar-refractivity contribution in [2.75, 3.05) is 13.7 Å². The van der Waals surface area contributed by atoms with Crippen molar-refractivity contribution in [3.05, 3.63) is 41.6 Å². The Kier molecular flexibility index (Phi) is 4.52. The monoisotopic (exact) mass is 286 g/mol. The van der Waals surface area contributed by atoms with Gasteiger partial charge in [-0.2, -0.15) is 0 Å². The number of methoxy groups -OCH3 is 1. The fourth-order valence-corrected chi connectivity index (χ4v) is 2.00. The van der Waals surface area contributed by atoms with E-state index < -0.39 is 5.97 Å². The average molecular weight is 286 g/mol. The third kappa shape index (κ3) is 3.37. The van der Waals surface area contributed by atoms with Gasteiger partial charge in [0.15, 0.2) is 0 Å². The Hall–Kier alpha value is -2.43. The number of para-hydroxylation sites is 1. The zero-order valence-electron chi connectivity index (χ0n) is 12.3. The summed E-state index contributed by atoms with van der Waals surface area (Å²) in [5.41, 5.74) is 2.14. The van der Waals surface area contributed by atoms with Crippen LogP contribution in [0.15, 0.2) is 30.3 Å². The van der Waals surface area contributed by atoms with Crippen LogP contribution in [0.2, 0.25) is 0 Å². The van der Waals surface area contributed by atoms with Crippen LogP contribution < -0.4 is 5.32 Å². The molecule has 1 aromatic heterocycles. The van der Waals surface area contributed by atoms with Gasteiger partial charge in [-0.3, -0.25) is 14.6 Å². The Morgan fingerprint density at radius 3 is 2.67 bits per heavy atom. The highest BCUT2D eigenvalue weighted by atomic mass is 16.5. The van der Waals surface area contributed by atoms with Crippen molar-refractivity contribution in [2.24, 2.45) is 0 Å². The second-order valence-electron chi connectivity index (χ2n) is 5.03. The molecule has 21 heavy (non-hydrogen) atoms. The SMILES string of the molecule is COC(=O)CNC(=O)c1cc(C(C)C)nc2ccccc12. The number of benzene rings is 1. The number of carbonyl (C=O) groups excluding carboxylic acids is 2. The van der Waals surface area contributed by atoms with Crippen molar-refractivity contribution in [3.8, 4) is 0 Å². The Bertz CT molecular complexity index is 680. The number of nitrogens with one attached hydrogen (secondary N) is 1. The summed E-state index contributed by atoms with van der Waals surface area (Å²) in [6.45, 7) is 3.89. The van der Waals surface area contributed by atoms with Crippen molar-refractivity contribution < 1.29 is 14.3 Å². The van der Waals surface area contributed by atoms with Gasteiger partial charge in [0.25, 0.3) is 5.91 Å². The Balaban J connectivity index is 2.41. The van der Waals surface area contributed by atoms with E-state index in [0.717, 1.165) is 16.6 Å². The number of amides is 1. The summed E-state index contributed by atoms with van der Waals surface area (Å²) in [6.07, 6.45) is 0. The maximum Gasteiger partial charge on any atom is 0.325 e. The van der Waals surface area contributed by atoms with E-state index in [1.54, 1.807) is 6.07 Å². The lowest BCUT2D eigenvalue weighted by atomic mass is 10.0. The molecule has 1 aromatic carbocycles.